The Kier molecular flexibility index (Phi) is 5.60. The Hall–Kier alpha value is -2.28. The Morgan fingerprint density at radius 3 is 2.73 bits per heavy atom. The number of amides is 1. The normalized spacial score (nSPS) is 10.7. The van der Waals surface area contributed by atoms with Crippen molar-refractivity contribution in [1.82, 2.24) is 5.43 Å². The fraction of sp³-hybridized carbons (Fsp3) is 0.0667. The van der Waals surface area contributed by atoms with E-state index in [4.69, 9.17) is 4.74 Å². The zero-order valence-corrected chi connectivity index (χ0v) is 12.8. The van der Waals surface area contributed by atoms with E-state index in [1.165, 1.54) is 42.6 Å². The summed E-state index contributed by atoms with van der Waals surface area (Å²) in [5, 5.41) is 3.71. The van der Waals surface area contributed by atoms with Gasteiger partial charge in [-0.05, 0) is 45.8 Å². The first-order valence-corrected chi connectivity index (χ1v) is 7.00. The topological polar surface area (TPSA) is 50.7 Å². The molecule has 4 nitrogen and oxygen atoms in total. The molecule has 0 aliphatic rings. The van der Waals surface area contributed by atoms with Crippen LogP contribution in [0.4, 0.5) is 8.78 Å². The minimum atomic E-state index is -0.546. The Bertz CT molecular complexity index is 708. The van der Waals surface area contributed by atoms with Gasteiger partial charge in [-0.1, -0.05) is 18.2 Å². The van der Waals surface area contributed by atoms with Gasteiger partial charge in [0.05, 0.1) is 10.7 Å². The minimum absolute atomic E-state index is 0.0101. The molecule has 0 aliphatic carbocycles. The average Bonchev–Trinajstić information content (AvgIpc) is 2.50. The number of hydrogen-bond donors (Lipinski definition) is 1. The van der Waals surface area contributed by atoms with Gasteiger partial charge in [0, 0.05) is 0 Å². The van der Waals surface area contributed by atoms with Gasteiger partial charge in [0.2, 0.25) is 0 Å². The molecule has 0 atom stereocenters. The number of carbonyl (C=O) groups is 1. The fourth-order valence-electron chi connectivity index (χ4n) is 1.51. The number of ether oxygens (including phenoxy) is 1. The van der Waals surface area contributed by atoms with Gasteiger partial charge in [-0.2, -0.15) is 5.10 Å². The third-order valence-corrected chi connectivity index (χ3v) is 3.15. The van der Waals surface area contributed by atoms with Crippen molar-refractivity contribution in [2.24, 2.45) is 5.10 Å². The largest absolute Gasteiger partial charge is 0.481 e. The Morgan fingerprint density at radius 1 is 1.23 bits per heavy atom. The molecule has 2 aromatic carbocycles. The van der Waals surface area contributed by atoms with Gasteiger partial charge < -0.3 is 4.74 Å². The summed E-state index contributed by atoms with van der Waals surface area (Å²) >= 11 is 3.04. The summed E-state index contributed by atoms with van der Waals surface area (Å²) in [5.74, 6) is -1.49. The third-order valence-electron chi connectivity index (χ3n) is 2.54. The van der Waals surface area contributed by atoms with Crippen LogP contribution in [0.2, 0.25) is 0 Å². The van der Waals surface area contributed by atoms with E-state index < -0.39 is 11.7 Å². The Balaban J connectivity index is 1.83. The fourth-order valence-corrected chi connectivity index (χ4v) is 1.91. The van der Waals surface area contributed by atoms with Crippen LogP contribution in [-0.2, 0) is 4.79 Å². The highest BCUT2D eigenvalue weighted by atomic mass is 79.9. The van der Waals surface area contributed by atoms with Gasteiger partial charge in [-0.3, -0.25) is 4.79 Å². The third kappa shape index (κ3) is 4.63. The van der Waals surface area contributed by atoms with E-state index in [0.717, 1.165) is 0 Å². The first kappa shape index (κ1) is 16.1. The standard InChI is InChI=1S/C15H11BrF2N2O2/c16-11-7-10(5-6-12(11)17)8-19-20-15(21)9-22-14-4-2-1-3-13(14)18/h1-8H,9H2,(H,20,21)/b19-8+. The maximum atomic E-state index is 13.3. The number of hydrazone groups is 1. The molecule has 2 rings (SSSR count). The molecule has 0 aliphatic heterocycles. The summed E-state index contributed by atoms with van der Waals surface area (Å²) in [4.78, 5) is 11.5. The molecule has 0 aromatic heterocycles. The van der Waals surface area contributed by atoms with Crippen LogP contribution < -0.4 is 10.2 Å². The molecule has 0 unspecified atom stereocenters. The molecule has 0 radical (unpaired) electrons. The quantitative estimate of drug-likeness (QED) is 0.650. The second kappa shape index (κ2) is 7.65. The number of carbonyl (C=O) groups excluding carboxylic acids is 1. The smallest absolute Gasteiger partial charge is 0.277 e. The first-order chi connectivity index (χ1) is 10.6. The number of para-hydroxylation sites is 1. The molecule has 2 aromatic rings. The van der Waals surface area contributed by atoms with Gasteiger partial charge >= 0.3 is 0 Å². The lowest BCUT2D eigenvalue weighted by atomic mass is 10.2. The van der Waals surface area contributed by atoms with Crippen molar-refractivity contribution < 1.29 is 18.3 Å². The van der Waals surface area contributed by atoms with E-state index in [0.29, 0.717) is 10.0 Å². The summed E-state index contributed by atoms with van der Waals surface area (Å²) in [6.45, 7) is -0.370. The molecule has 114 valence electrons. The maximum absolute atomic E-state index is 13.3. The van der Waals surface area contributed by atoms with Gasteiger partial charge in [0.25, 0.3) is 5.91 Å². The van der Waals surface area contributed by atoms with E-state index in [2.05, 4.69) is 26.5 Å². The van der Waals surface area contributed by atoms with Crippen LogP contribution >= 0.6 is 15.9 Å². The van der Waals surface area contributed by atoms with Crippen LogP contribution in [0.15, 0.2) is 52.0 Å². The highest BCUT2D eigenvalue weighted by Crippen LogP contribution is 2.16. The van der Waals surface area contributed by atoms with E-state index in [1.807, 2.05) is 0 Å². The SMILES string of the molecule is O=C(COc1ccccc1F)N/N=C/c1ccc(F)c(Br)c1. The van der Waals surface area contributed by atoms with Crippen molar-refractivity contribution in [2.75, 3.05) is 6.61 Å². The molecular formula is C15H11BrF2N2O2. The van der Waals surface area contributed by atoms with Crippen LogP contribution in [0.25, 0.3) is 0 Å². The minimum Gasteiger partial charge on any atom is -0.481 e. The van der Waals surface area contributed by atoms with Crippen LogP contribution in [0.5, 0.6) is 5.75 Å². The number of rotatable bonds is 5. The summed E-state index contributed by atoms with van der Waals surface area (Å²) in [6, 6.07) is 10.1. The van der Waals surface area contributed by atoms with Gasteiger partial charge in [-0.15, -0.1) is 0 Å². The Labute approximate surface area is 133 Å². The van der Waals surface area contributed by atoms with Crippen LogP contribution in [0.3, 0.4) is 0 Å². The second-order valence-electron chi connectivity index (χ2n) is 4.19. The van der Waals surface area contributed by atoms with E-state index >= 15 is 0 Å². The highest BCUT2D eigenvalue weighted by molar-refractivity contribution is 9.10. The number of nitrogens with one attached hydrogen (secondary N) is 1. The van der Waals surface area contributed by atoms with Gasteiger partial charge in [0.1, 0.15) is 5.82 Å². The van der Waals surface area contributed by atoms with Crippen molar-refractivity contribution in [2.45, 2.75) is 0 Å². The lowest BCUT2D eigenvalue weighted by molar-refractivity contribution is -0.123. The first-order valence-electron chi connectivity index (χ1n) is 6.20. The van der Waals surface area contributed by atoms with Crippen LogP contribution in [-0.4, -0.2) is 18.7 Å². The molecule has 0 heterocycles. The van der Waals surface area contributed by atoms with Crippen molar-refractivity contribution in [1.29, 1.82) is 0 Å². The number of halogens is 3. The van der Waals surface area contributed by atoms with Crippen LogP contribution in [0, 0.1) is 11.6 Å². The lowest BCUT2D eigenvalue weighted by Gasteiger charge is -2.05. The predicted molar refractivity (Wildman–Crippen MR) is 81.7 cm³/mol. The van der Waals surface area contributed by atoms with E-state index in [1.54, 1.807) is 6.07 Å². The zero-order valence-electron chi connectivity index (χ0n) is 11.2. The monoisotopic (exact) mass is 368 g/mol. The average molecular weight is 369 g/mol. The summed E-state index contributed by atoms with van der Waals surface area (Å²) in [5.41, 5.74) is 2.83. The second-order valence-corrected chi connectivity index (χ2v) is 5.04. The van der Waals surface area contributed by atoms with Crippen molar-refractivity contribution in [3.8, 4) is 5.75 Å². The lowest BCUT2D eigenvalue weighted by Crippen LogP contribution is -2.24. The molecule has 1 amide bonds. The molecule has 0 saturated heterocycles. The highest BCUT2D eigenvalue weighted by Gasteiger charge is 2.05. The molecule has 1 N–H and O–H groups in total. The summed E-state index contributed by atoms with van der Waals surface area (Å²) in [6.07, 6.45) is 1.35. The molecule has 0 spiro atoms. The summed E-state index contributed by atoms with van der Waals surface area (Å²) < 4.78 is 31.6. The molecule has 0 fully saturated rings. The van der Waals surface area contributed by atoms with Crippen molar-refractivity contribution in [3.63, 3.8) is 0 Å². The van der Waals surface area contributed by atoms with Gasteiger partial charge in [0.15, 0.2) is 18.2 Å². The molecular weight excluding hydrogens is 358 g/mol. The Morgan fingerprint density at radius 2 is 2.00 bits per heavy atom. The predicted octanol–water partition coefficient (Wildman–Crippen LogP) is 3.26. The molecule has 0 bridgehead atoms. The molecule has 0 saturated carbocycles. The van der Waals surface area contributed by atoms with Crippen molar-refractivity contribution in [3.05, 3.63) is 64.1 Å². The maximum Gasteiger partial charge on any atom is 0.277 e. The number of benzene rings is 2. The number of hydrogen-bond acceptors (Lipinski definition) is 3. The van der Waals surface area contributed by atoms with Crippen LogP contribution in [0.1, 0.15) is 5.56 Å². The zero-order chi connectivity index (χ0) is 15.9. The summed E-state index contributed by atoms with van der Waals surface area (Å²) in [7, 11) is 0. The molecule has 7 heteroatoms. The van der Waals surface area contributed by atoms with E-state index in [9.17, 15) is 13.6 Å². The number of nitrogens with zero attached hydrogens (tertiary/aromatic N) is 1. The van der Waals surface area contributed by atoms with Crippen molar-refractivity contribution >= 4 is 28.1 Å². The molecule has 22 heavy (non-hydrogen) atoms. The van der Waals surface area contributed by atoms with Gasteiger partial charge in [-0.25, -0.2) is 14.2 Å². The van der Waals surface area contributed by atoms with E-state index in [-0.39, 0.29) is 18.2 Å².